The SMILES string of the molecule is c1ccc(-c2cc(-c3ccc(-c4cccc(-c5ccc6c7ccccc7n(-c7ccccc7)c6c5)c4)c4ccccc34)nc(-c3ccccc3)n2)cc1. The molecule has 8 aromatic carbocycles. The molecule has 0 bridgehead atoms. The Morgan fingerprint density at radius 1 is 0.302 bits per heavy atom. The van der Waals surface area contributed by atoms with Gasteiger partial charge in [-0.15, -0.1) is 0 Å². The Hall–Kier alpha value is -7.10. The van der Waals surface area contributed by atoms with Gasteiger partial charge in [0.2, 0.25) is 0 Å². The van der Waals surface area contributed by atoms with Gasteiger partial charge in [-0.1, -0.05) is 164 Å². The second-order valence-electron chi connectivity index (χ2n) is 13.4. The molecule has 0 fully saturated rings. The molecule has 0 atom stereocenters. The Bertz CT molecular complexity index is 2870. The number of benzene rings is 8. The first kappa shape index (κ1) is 30.7. The fourth-order valence-corrected chi connectivity index (χ4v) is 7.70. The molecule has 10 rings (SSSR count). The molecule has 2 aromatic heterocycles. The summed E-state index contributed by atoms with van der Waals surface area (Å²) >= 11 is 0. The summed E-state index contributed by atoms with van der Waals surface area (Å²) in [6.45, 7) is 0. The van der Waals surface area contributed by atoms with Crippen molar-refractivity contribution in [2.45, 2.75) is 0 Å². The van der Waals surface area contributed by atoms with Crippen LogP contribution in [0.15, 0.2) is 200 Å². The lowest BCUT2D eigenvalue weighted by Gasteiger charge is -2.14. The van der Waals surface area contributed by atoms with Crippen LogP contribution in [-0.2, 0) is 0 Å². The first-order valence-electron chi connectivity index (χ1n) is 18.0. The van der Waals surface area contributed by atoms with Crippen molar-refractivity contribution in [1.82, 2.24) is 14.5 Å². The number of rotatable bonds is 6. The van der Waals surface area contributed by atoms with Gasteiger partial charge < -0.3 is 4.57 Å². The molecule has 0 unspecified atom stereocenters. The standard InChI is InChI=1S/C50H33N3/c1-4-15-34(16-5-1)46-33-47(52-50(51-46)35-17-6-2-7-18-35)43-30-29-40(41-23-10-11-24-42(41)43)38-20-14-19-36(31-38)37-27-28-45-44-25-12-13-26-48(44)53(49(45)32-37)39-21-8-3-9-22-39/h1-33H. The van der Waals surface area contributed by atoms with Crippen LogP contribution in [0.2, 0.25) is 0 Å². The molecular formula is C50H33N3. The van der Waals surface area contributed by atoms with Crippen molar-refractivity contribution in [3.63, 3.8) is 0 Å². The summed E-state index contributed by atoms with van der Waals surface area (Å²) < 4.78 is 2.38. The Morgan fingerprint density at radius 3 is 1.62 bits per heavy atom. The Balaban J connectivity index is 1.10. The van der Waals surface area contributed by atoms with E-state index in [1.165, 1.54) is 49.4 Å². The van der Waals surface area contributed by atoms with Crippen molar-refractivity contribution >= 4 is 32.6 Å². The Morgan fingerprint density at radius 2 is 0.849 bits per heavy atom. The van der Waals surface area contributed by atoms with E-state index in [4.69, 9.17) is 9.97 Å². The van der Waals surface area contributed by atoms with Gasteiger partial charge >= 0.3 is 0 Å². The minimum atomic E-state index is 0.714. The highest BCUT2D eigenvalue weighted by Gasteiger charge is 2.16. The summed E-state index contributed by atoms with van der Waals surface area (Å²) in [6, 6.07) is 71.0. The fraction of sp³-hybridized carbons (Fsp3) is 0. The van der Waals surface area contributed by atoms with Gasteiger partial charge in [0.1, 0.15) is 0 Å². The molecule has 53 heavy (non-hydrogen) atoms. The normalized spacial score (nSPS) is 11.4. The maximum absolute atomic E-state index is 5.16. The molecule has 2 heterocycles. The second-order valence-corrected chi connectivity index (χ2v) is 13.4. The molecule has 0 radical (unpaired) electrons. The maximum Gasteiger partial charge on any atom is 0.160 e. The van der Waals surface area contributed by atoms with Gasteiger partial charge in [-0.3, -0.25) is 0 Å². The fourth-order valence-electron chi connectivity index (χ4n) is 7.70. The number of nitrogens with zero attached hydrogens (tertiary/aromatic N) is 3. The molecule has 3 heteroatoms. The molecule has 0 spiro atoms. The van der Waals surface area contributed by atoms with E-state index in [1.807, 2.05) is 24.3 Å². The molecule has 0 saturated heterocycles. The predicted molar refractivity (Wildman–Crippen MR) is 221 cm³/mol. The van der Waals surface area contributed by atoms with Crippen molar-refractivity contribution < 1.29 is 0 Å². The van der Waals surface area contributed by atoms with Gasteiger partial charge in [0.05, 0.1) is 22.4 Å². The smallest absolute Gasteiger partial charge is 0.160 e. The zero-order valence-corrected chi connectivity index (χ0v) is 28.9. The summed E-state index contributed by atoms with van der Waals surface area (Å²) in [5.41, 5.74) is 13.2. The van der Waals surface area contributed by atoms with Crippen LogP contribution in [0.25, 0.3) is 94.4 Å². The van der Waals surface area contributed by atoms with Crippen LogP contribution in [0.3, 0.4) is 0 Å². The van der Waals surface area contributed by atoms with Crippen molar-refractivity contribution in [2.24, 2.45) is 0 Å². The first-order valence-corrected chi connectivity index (χ1v) is 18.0. The van der Waals surface area contributed by atoms with E-state index in [-0.39, 0.29) is 0 Å². The number of fused-ring (bicyclic) bond motifs is 4. The van der Waals surface area contributed by atoms with Gasteiger partial charge in [-0.25, -0.2) is 9.97 Å². The van der Waals surface area contributed by atoms with Crippen LogP contribution in [-0.4, -0.2) is 14.5 Å². The van der Waals surface area contributed by atoms with Crippen molar-refractivity contribution in [3.8, 4) is 61.8 Å². The summed E-state index contributed by atoms with van der Waals surface area (Å²) in [6.07, 6.45) is 0. The average molecular weight is 676 g/mol. The van der Waals surface area contributed by atoms with Gasteiger partial charge in [0.15, 0.2) is 5.82 Å². The zero-order valence-electron chi connectivity index (χ0n) is 28.9. The van der Waals surface area contributed by atoms with Gasteiger partial charge in [-0.05, 0) is 69.4 Å². The third kappa shape index (κ3) is 5.47. The topological polar surface area (TPSA) is 30.7 Å². The number of hydrogen-bond acceptors (Lipinski definition) is 2. The minimum Gasteiger partial charge on any atom is -0.309 e. The predicted octanol–water partition coefficient (Wildman–Crippen LogP) is 13.1. The van der Waals surface area contributed by atoms with Gasteiger partial charge in [-0.2, -0.15) is 0 Å². The third-order valence-corrected chi connectivity index (χ3v) is 10.2. The summed E-state index contributed by atoms with van der Waals surface area (Å²) in [7, 11) is 0. The van der Waals surface area contributed by atoms with Crippen molar-refractivity contribution in [1.29, 1.82) is 0 Å². The highest BCUT2D eigenvalue weighted by Crippen LogP contribution is 2.39. The minimum absolute atomic E-state index is 0.714. The highest BCUT2D eigenvalue weighted by atomic mass is 15.0. The van der Waals surface area contributed by atoms with Crippen molar-refractivity contribution in [2.75, 3.05) is 0 Å². The van der Waals surface area contributed by atoms with E-state index in [0.29, 0.717) is 5.82 Å². The van der Waals surface area contributed by atoms with E-state index < -0.39 is 0 Å². The summed E-state index contributed by atoms with van der Waals surface area (Å²) in [5, 5.41) is 4.85. The molecule has 3 nitrogen and oxygen atoms in total. The molecule has 0 aliphatic carbocycles. The maximum atomic E-state index is 5.16. The van der Waals surface area contributed by atoms with E-state index in [0.717, 1.165) is 39.2 Å². The summed E-state index contributed by atoms with van der Waals surface area (Å²) in [4.78, 5) is 10.2. The van der Waals surface area contributed by atoms with Crippen LogP contribution in [0.4, 0.5) is 0 Å². The number of aromatic nitrogens is 3. The number of hydrogen-bond donors (Lipinski definition) is 0. The quantitative estimate of drug-likeness (QED) is 0.176. The van der Waals surface area contributed by atoms with E-state index in [9.17, 15) is 0 Å². The molecule has 0 aliphatic heterocycles. The molecule has 0 saturated carbocycles. The van der Waals surface area contributed by atoms with Crippen LogP contribution in [0.5, 0.6) is 0 Å². The van der Waals surface area contributed by atoms with Crippen LogP contribution in [0.1, 0.15) is 0 Å². The third-order valence-electron chi connectivity index (χ3n) is 10.2. The number of para-hydroxylation sites is 2. The van der Waals surface area contributed by atoms with E-state index in [1.54, 1.807) is 0 Å². The monoisotopic (exact) mass is 675 g/mol. The van der Waals surface area contributed by atoms with E-state index in [2.05, 4.69) is 180 Å². The lowest BCUT2D eigenvalue weighted by Crippen LogP contribution is -1.96. The molecule has 0 N–H and O–H groups in total. The first-order chi connectivity index (χ1) is 26.3. The van der Waals surface area contributed by atoms with Crippen LogP contribution in [0, 0.1) is 0 Å². The van der Waals surface area contributed by atoms with Crippen LogP contribution < -0.4 is 0 Å². The summed E-state index contributed by atoms with van der Waals surface area (Å²) in [5.74, 6) is 0.714. The molecule has 248 valence electrons. The second kappa shape index (κ2) is 12.9. The molecular weight excluding hydrogens is 643 g/mol. The molecule has 0 aliphatic rings. The highest BCUT2D eigenvalue weighted by molar-refractivity contribution is 6.10. The molecule has 0 amide bonds. The Kier molecular flexibility index (Phi) is 7.47. The van der Waals surface area contributed by atoms with Crippen molar-refractivity contribution in [3.05, 3.63) is 200 Å². The lowest BCUT2D eigenvalue weighted by atomic mass is 9.92. The van der Waals surface area contributed by atoms with Crippen LogP contribution >= 0.6 is 0 Å². The average Bonchev–Trinajstić information content (AvgIpc) is 3.58. The Labute approximate surface area is 308 Å². The van der Waals surface area contributed by atoms with Gasteiger partial charge in [0.25, 0.3) is 0 Å². The lowest BCUT2D eigenvalue weighted by molar-refractivity contribution is 1.18. The molecule has 10 aromatic rings. The largest absolute Gasteiger partial charge is 0.309 e. The van der Waals surface area contributed by atoms with E-state index >= 15 is 0 Å². The van der Waals surface area contributed by atoms with Gasteiger partial charge in [0, 0.05) is 33.2 Å². The zero-order chi connectivity index (χ0) is 35.1.